The first-order chi connectivity index (χ1) is 9.57. The maximum Gasteiger partial charge on any atom is 0.349 e. The van der Waals surface area contributed by atoms with E-state index in [0.29, 0.717) is 11.0 Å². The molecule has 1 heterocycles. The number of hydrogen-bond acceptors (Lipinski definition) is 4. The number of rotatable bonds is 3. The minimum Gasteiger partial charge on any atom is -0.456 e. The van der Waals surface area contributed by atoms with Gasteiger partial charge in [-0.2, -0.15) is 0 Å². The number of fused-ring (bicyclic) bond motifs is 1. The highest BCUT2D eigenvalue weighted by atomic mass is 32.1. The van der Waals surface area contributed by atoms with Crippen LogP contribution in [-0.2, 0) is 15.5 Å². The number of benzene rings is 1. The predicted octanol–water partition coefficient (Wildman–Crippen LogP) is 4.98. The molecule has 0 saturated heterocycles. The minimum absolute atomic E-state index is 0.327. The van der Waals surface area contributed by atoms with Gasteiger partial charge in [0.05, 0.1) is 7.14 Å². The molecule has 114 valence electrons. The average molecular weight is 324 g/mol. The molecule has 0 spiro atoms. The molecular weight excluding hydrogens is 303 g/mol. The van der Waals surface area contributed by atoms with E-state index < -0.39 is 12.7 Å². The molecule has 0 bridgehead atoms. The Morgan fingerprint density at radius 2 is 1.86 bits per heavy atom. The number of thiophene rings is 1. The Kier molecular flexibility index (Phi) is 4.32. The van der Waals surface area contributed by atoms with Crippen molar-refractivity contribution in [3.05, 3.63) is 34.7 Å². The van der Waals surface area contributed by atoms with Crippen LogP contribution in [0, 0.1) is 0 Å². The number of esters is 1. The smallest absolute Gasteiger partial charge is 0.349 e. The van der Waals surface area contributed by atoms with E-state index in [0.717, 1.165) is 15.6 Å². The molecular formula is C16H21O3PS. The van der Waals surface area contributed by atoms with Crippen LogP contribution in [0.3, 0.4) is 0 Å². The number of carbonyl (C=O) groups is 1. The lowest BCUT2D eigenvalue weighted by molar-refractivity contribution is 0.00746. The van der Waals surface area contributed by atoms with Gasteiger partial charge in [0.1, 0.15) is 10.5 Å². The summed E-state index contributed by atoms with van der Waals surface area (Å²) in [6, 6.07) is 7.84. The lowest BCUT2D eigenvalue weighted by atomic mass is 10.1. The van der Waals surface area contributed by atoms with Crippen molar-refractivity contribution >= 4 is 34.5 Å². The van der Waals surface area contributed by atoms with E-state index >= 15 is 0 Å². The molecule has 5 heteroatoms. The largest absolute Gasteiger partial charge is 0.456 e. The van der Waals surface area contributed by atoms with Crippen LogP contribution in [0.1, 0.15) is 36.0 Å². The molecule has 2 rings (SSSR count). The van der Waals surface area contributed by atoms with Gasteiger partial charge < -0.3 is 9.30 Å². The molecule has 1 aromatic carbocycles. The first-order valence-electron chi connectivity index (χ1n) is 6.84. The second-order valence-corrected chi connectivity index (χ2v) is 11.2. The van der Waals surface area contributed by atoms with Crippen LogP contribution in [0.15, 0.2) is 24.3 Å². The van der Waals surface area contributed by atoms with Crippen molar-refractivity contribution in [1.82, 2.24) is 0 Å². The van der Waals surface area contributed by atoms with Crippen molar-refractivity contribution in [2.24, 2.45) is 0 Å². The maximum atomic E-state index is 12.4. The Morgan fingerprint density at radius 3 is 2.43 bits per heavy atom. The lowest BCUT2D eigenvalue weighted by Gasteiger charge is -2.19. The van der Waals surface area contributed by atoms with E-state index in [4.69, 9.17) is 4.74 Å². The third-order valence-corrected chi connectivity index (χ3v) is 5.09. The summed E-state index contributed by atoms with van der Waals surface area (Å²) in [7, 11) is -2.28. The number of ether oxygens (including phenoxy) is 1. The first-order valence-corrected chi connectivity index (χ1v) is 10.4. The van der Waals surface area contributed by atoms with Gasteiger partial charge >= 0.3 is 5.97 Å². The third kappa shape index (κ3) is 4.18. The Labute approximate surface area is 129 Å². The highest BCUT2D eigenvalue weighted by Crippen LogP contribution is 2.45. The molecule has 0 unspecified atom stereocenters. The summed E-state index contributed by atoms with van der Waals surface area (Å²) in [6.45, 7) is 9.05. The summed E-state index contributed by atoms with van der Waals surface area (Å²) in [5.74, 6) is -0.327. The number of hydrogen-bond donors (Lipinski definition) is 0. The van der Waals surface area contributed by atoms with Crippen molar-refractivity contribution in [3.8, 4) is 0 Å². The van der Waals surface area contributed by atoms with Crippen LogP contribution in [0.4, 0.5) is 0 Å². The standard InChI is InChI=1S/C16H21O3PS/c1-16(2,3)19-15(17)14-12(10-20(4,5)18)11-8-6-7-9-13(11)21-14/h6-9H,10H2,1-5H3. The highest BCUT2D eigenvalue weighted by Gasteiger charge is 2.26. The maximum absolute atomic E-state index is 12.4. The normalized spacial score (nSPS) is 12.6. The molecule has 21 heavy (non-hydrogen) atoms. The summed E-state index contributed by atoms with van der Waals surface area (Å²) in [4.78, 5) is 13.0. The van der Waals surface area contributed by atoms with Gasteiger partial charge in [0.25, 0.3) is 0 Å². The molecule has 0 atom stereocenters. The van der Waals surface area contributed by atoms with Crippen LogP contribution in [0.5, 0.6) is 0 Å². The highest BCUT2D eigenvalue weighted by molar-refractivity contribution is 7.61. The van der Waals surface area contributed by atoms with Gasteiger partial charge in [0.15, 0.2) is 0 Å². The minimum atomic E-state index is -2.28. The zero-order chi connectivity index (χ0) is 15.8. The third-order valence-electron chi connectivity index (χ3n) is 2.82. The molecule has 0 saturated carbocycles. The van der Waals surface area contributed by atoms with E-state index in [2.05, 4.69) is 0 Å². The van der Waals surface area contributed by atoms with Crippen molar-refractivity contribution in [2.75, 3.05) is 13.3 Å². The van der Waals surface area contributed by atoms with Gasteiger partial charge in [0.2, 0.25) is 0 Å². The topological polar surface area (TPSA) is 43.4 Å². The van der Waals surface area contributed by atoms with E-state index in [9.17, 15) is 9.36 Å². The summed E-state index contributed by atoms with van der Waals surface area (Å²) in [5.41, 5.74) is 0.324. The molecule has 1 aromatic heterocycles. The van der Waals surface area contributed by atoms with Crippen molar-refractivity contribution in [2.45, 2.75) is 32.5 Å². The van der Waals surface area contributed by atoms with Gasteiger partial charge in [-0.1, -0.05) is 18.2 Å². The molecule has 0 fully saturated rings. The Hall–Kier alpha value is -1.12. The summed E-state index contributed by atoms with van der Waals surface area (Å²) in [5, 5.41) is 1.01. The molecule has 0 aliphatic heterocycles. The van der Waals surface area contributed by atoms with Crippen molar-refractivity contribution in [3.63, 3.8) is 0 Å². The first kappa shape index (κ1) is 16.3. The predicted molar refractivity (Wildman–Crippen MR) is 90.2 cm³/mol. The van der Waals surface area contributed by atoms with Crippen LogP contribution in [0.2, 0.25) is 0 Å². The zero-order valence-corrected chi connectivity index (χ0v) is 14.8. The van der Waals surface area contributed by atoms with E-state index in [1.54, 1.807) is 13.3 Å². The quantitative estimate of drug-likeness (QED) is 0.591. The van der Waals surface area contributed by atoms with Gasteiger partial charge in [-0.05, 0) is 51.1 Å². The molecule has 2 aromatic rings. The molecule has 0 aliphatic rings. The van der Waals surface area contributed by atoms with E-state index in [1.165, 1.54) is 11.3 Å². The van der Waals surface area contributed by atoms with E-state index in [1.807, 2.05) is 45.0 Å². The molecule has 0 aliphatic carbocycles. The Bertz CT molecular complexity index is 719. The van der Waals surface area contributed by atoms with Gasteiger partial charge in [-0.3, -0.25) is 0 Å². The summed E-state index contributed by atoms with van der Waals surface area (Å²) in [6.07, 6.45) is 0.422. The Balaban J connectivity index is 2.54. The van der Waals surface area contributed by atoms with Crippen molar-refractivity contribution in [1.29, 1.82) is 0 Å². The van der Waals surface area contributed by atoms with E-state index in [-0.39, 0.29) is 5.97 Å². The molecule has 0 radical (unpaired) electrons. The molecule has 0 amide bonds. The lowest BCUT2D eigenvalue weighted by Crippen LogP contribution is -2.23. The molecule has 0 N–H and O–H groups in total. The van der Waals surface area contributed by atoms with Gasteiger partial charge in [-0.25, -0.2) is 4.79 Å². The van der Waals surface area contributed by atoms with Crippen molar-refractivity contribution < 1.29 is 14.1 Å². The summed E-state index contributed by atoms with van der Waals surface area (Å²) < 4.78 is 18.8. The average Bonchev–Trinajstić information content (AvgIpc) is 2.64. The second-order valence-electron chi connectivity index (χ2n) is 6.64. The van der Waals surface area contributed by atoms with Crippen LogP contribution in [-0.4, -0.2) is 24.9 Å². The van der Waals surface area contributed by atoms with Crippen LogP contribution < -0.4 is 0 Å². The second kappa shape index (κ2) is 5.58. The van der Waals surface area contributed by atoms with Gasteiger partial charge in [0, 0.05) is 10.9 Å². The van der Waals surface area contributed by atoms with Crippen LogP contribution in [0.25, 0.3) is 10.1 Å². The number of carbonyl (C=O) groups excluding carboxylic acids is 1. The fourth-order valence-corrected chi connectivity index (χ4v) is 4.42. The zero-order valence-electron chi connectivity index (χ0n) is 13.1. The summed E-state index contributed by atoms with van der Waals surface area (Å²) >= 11 is 1.42. The fourth-order valence-electron chi connectivity index (χ4n) is 2.13. The SMILES string of the molecule is CC(C)(C)OC(=O)c1sc2ccccc2c1CP(C)(C)=O. The fraction of sp³-hybridized carbons (Fsp3) is 0.438. The van der Waals surface area contributed by atoms with Gasteiger partial charge in [-0.15, -0.1) is 11.3 Å². The monoisotopic (exact) mass is 324 g/mol. The Morgan fingerprint density at radius 1 is 1.24 bits per heavy atom. The van der Waals surface area contributed by atoms with Crippen LogP contribution >= 0.6 is 18.5 Å². The molecule has 3 nitrogen and oxygen atoms in total.